The number of amides is 1. The van der Waals surface area contributed by atoms with E-state index in [1.54, 1.807) is 11.8 Å². The van der Waals surface area contributed by atoms with Gasteiger partial charge in [-0.2, -0.15) is 0 Å². The minimum atomic E-state index is 0.0203. The molecule has 0 N–H and O–H groups in total. The molecule has 106 valence electrons. The maximum absolute atomic E-state index is 11.6. The fourth-order valence-corrected chi connectivity index (χ4v) is 4.34. The zero-order chi connectivity index (χ0) is 14.1. The second-order valence-electron chi connectivity index (χ2n) is 4.25. The van der Waals surface area contributed by atoms with Crippen LogP contribution in [0.1, 0.15) is 25.5 Å². The topological polar surface area (TPSA) is 71.9 Å². The van der Waals surface area contributed by atoms with Crippen LogP contribution in [0.5, 0.6) is 0 Å². The van der Waals surface area contributed by atoms with Gasteiger partial charge in [-0.15, -0.1) is 15.3 Å². The zero-order valence-corrected chi connectivity index (χ0v) is 13.7. The van der Waals surface area contributed by atoms with Crippen LogP contribution in [0.3, 0.4) is 0 Å². The second-order valence-corrected chi connectivity index (χ2v) is 7.79. The lowest BCUT2D eigenvalue weighted by Crippen LogP contribution is -2.30. The second kappa shape index (κ2) is 5.92. The van der Waals surface area contributed by atoms with E-state index in [2.05, 4.69) is 19.8 Å². The smallest absolute Gasteiger partial charge is 0.225 e. The van der Waals surface area contributed by atoms with Gasteiger partial charge < -0.3 is 0 Å². The van der Waals surface area contributed by atoms with Gasteiger partial charge in [-0.05, 0) is 12.8 Å². The summed E-state index contributed by atoms with van der Waals surface area (Å²) in [6, 6.07) is 0.301. The van der Waals surface area contributed by atoms with Crippen LogP contribution in [0.15, 0.2) is 4.34 Å². The number of rotatable bonds is 5. The molecular formula is C10H10ClN5OS3. The molecule has 1 amide bonds. The summed E-state index contributed by atoms with van der Waals surface area (Å²) >= 11 is 10.0. The third-order valence-corrected chi connectivity index (χ3v) is 5.75. The Balaban J connectivity index is 1.67. The summed E-state index contributed by atoms with van der Waals surface area (Å²) in [6.45, 7) is 1.56. The van der Waals surface area contributed by atoms with Crippen LogP contribution in [0.25, 0.3) is 0 Å². The first kappa shape index (κ1) is 14.2. The maximum atomic E-state index is 11.6. The average molecular weight is 348 g/mol. The summed E-state index contributed by atoms with van der Waals surface area (Å²) in [7, 11) is 0. The van der Waals surface area contributed by atoms with Gasteiger partial charge in [-0.3, -0.25) is 9.69 Å². The van der Waals surface area contributed by atoms with E-state index in [-0.39, 0.29) is 5.91 Å². The third kappa shape index (κ3) is 3.11. The van der Waals surface area contributed by atoms with Crippen LogP contribution in [0.2, 0.25) is 4.34 Å². The summed E-state index contributed by atoms with van der Waals surface area (Å²) in [5.41, 5.74) is 0.754. The van der Waals surface area contributed by atoms with E-state index in [1.165, 1.54) is 34.6 Å². The van der Waals surface area contributed by atoms with Crippen LogP contribution in [-0.4, -0.2) is 31.7 Å². The van der Waals surface area contributed by atoms with E-state index < -0.39 is 0 Å². The van der Waals surface area contributed by atoms with Gasteiger partial charge in [0.1, 0.15) is 10.0 Å². The number of hydrogen-bond donors (Lipinski definition) is 0. The highest BCUT2D eigenvalue weighted by atomic mass is 35.5. The molecule has 2 heterocycles. The number of aromatic nitrogens is 4. The molecule has 0 radical (unpaired) electrons. The van der Waals surface area contributed by atoms with Crippen molar-refractivity contribution in [3.8, 4) is 0 Å². The van der Waals surface area contributed by atoms with Crippen LogP contribution in [0, 0.1) is 0 Å². The molecule has 2 aromatic rings. The molecule has 0 atom stereocenters. The molecule has 10 heteroatoms. The number of carbonyl (C=O) groups excluding carboxylic acids is 1. The Morgan fingerprint density at radius 1 is 1.45 bits per heavy atom. The molecule has 3 rings (SSSR count). The highest BCUT2D eigenvalue weighted by Gasteiger charge is 2.34. The lowest BCUT2D eigenvalue weighted by Gasteiger charge is -2.15. The molecule has 2 aromatic heterocycles. The molecule has 1 aliphatic carbocycles. The van der Waals surface area contributed by atoms with Crippen molar-refractivity contribution in [2.24, 2.45) is 0 Å². The van der Waals surface area contributed by atoms with Gasteiger partial charge in [0.15, 0.2) is 4.34 Å². The van der Waals surface area contributed by atoms with Crippen LogP contribution >= 0.6 is 46.2 Å². The summed E-state index contributed by atoms with van der Waals surface area (Å²) in [6.07, 6.45) is 2.09. The molecule has 1 aliphatic rings. The predicted octanol–water partition coefficient (Wildman–Crippen LogP) is 2.85. The summed E-state index contributed by atoms with van der Waals surface area (Å²) in [4.78, 5) is 13.4. The van der Waals surface area contributed by atoms with Gasteiger partial charge >= 0.3 is 0 Å². The van der Waals surface area contributed by atoms with E-state index in [0.29, 0.717) is 21.3 Å². The molecule has 1 saturated carbocycles. The molecule has 1 fully saturated rings. The first-order valence-corrected chi connectivity index (χ1v) is 8.83. The van der Waals surface area contributed by atoms with E-state index in [9.17, 15) is 4.79 Å². The van der Waals surface area contributed by atoms with Gasteiger partial charge in [0.05, 0.1) is 0 Å². The predicted molar refractivity (Wildman–Crippen MR) is 80.6 cm³/mol. The van der Waals surface area contributed by atoms with Crippen LogP contribution in [0.4, 0.5) is 5.13 Å². The molecule has 6 nitrogen and oxygen atoms in total. The summed E-state index contributed by atoms with van der Waals surface area (Å²) < 4.78 is 5.19. The Morgan fingerprint density at radius 2 is 2.25 bits per heavy atom. The van der Waals surface area contributed by atoms with E-state index in [0.717, 1.165) is 22.9 Å². The van der Waals surface area contributed by atoms with Crippen LogP contribution in [-0.2, 0) is 10.5 Å². The Morgan fingerprint density at radius 3 is 2.85 bits per heavy atom. The zero-order valence-electron chi connectivity index (χ0n) is 10.4. The molecule has 0 bridgehead atoms. The monoisotopic (exact) mass is 347 g/mol. The van der Waals surface area contributed by atoms with Crippen molar-refractivity contribution in [2.75, 3.05) is 4.90 Å². The molecular weight excluding hydrogens is 338 g/mol. The minimum absolute atomic E-state index is 0.0203. The van der Waals surface area contributed by atoms with Crippen molar-refractivity contribution >= 4 is 57.3 Å². The summed E-state index contributed by atoms with van der Waals surface area (Å²) in [5.74, 6) is 0.625. The Bertz CT molecular complexity index is 626. The minimum Gasteiger partial charge on any atom is -0.284 e. The van der Waals surface area contributed by atoms with E-state index >= 15 is 0 Å². The SMILES string of the molecule is CC(=O)N(c1nnc(SCc2nnsc2Cl)s1)C1CC1. The van der Waals surface area contributed by atoms with Crippen molar-refractivity contribution in [1.29, 1.82) is 0 Å². The number of halogens is 1. The Hall–Kier alpha value is -0.770. The van der Waals surface area contributed by atoms with Gasteiger partial charge in [-0.25, -0.2) is 0 Å². The molecule has 20 heavy (non-hydrogen) atoms. The first-order valence-electron chi connectivity index (χ1n) is 5.88. The number of hydrogen-bond acceptors (Lipinski definition) is 8. The van der Waals surface area contributed by atoms with Crippen LogP contribution < -0.4 is 4.90 Å². The molecule has 0 spiro atoms. The third-order valence-electron chi connectivity index (χ3n) is 2.69. The first-order chi connectivity index (χ1) is 9.65. The summed E-state index contributed by atoms with van der Waals surface area (Å²) in [5, 5.41) is 12.8. The standard InChI is InChI=1S/C10H10ClN5OS3/c1-5(17)16(6-2-3-6)9-13-14-10(19-9)18-4-7-8(11)20-15-12-7/h6H,2-4H2,1H3. The Kier molecular flexibility index (Phi) is 4.20. The van der Waals surface area contributed by atoms with Gasteiger partial charge in [0.25, 0.3) is 0 Å². The number of anilines is 1. The van der Waals surface area contributed by atoms with Gasteiger partial charge in [0.2, 0.25) is 11.0 Å². The number of nitrogens with zero attached hydrogens (tertiary/aromatic N) is 5. The van der Waals surface area contributed by atoms with Gasteiger partial charge in [-0.1, -0.05) is 39.2 Å². The molecule has 0 aliphatic heterocycles. The quantitative estimate of drug-likeness (QED) is 0.611. The van der Waals surface area contributed by atoms with E-state index in [1.807, 2.05) is 0 Å². The molecule has 0 unspecified atom stereocenters. The highest BCUT2D eigenvalue weighted by molar-refractivity contribution is 8.00. The lowest BCUT2D eigenvalue weighted by atomic mass is 10.5. The van der Waals surface area contributed by atoms with Crippen molar-refractivity contribution in [2.45, 2.75) is 35.9 Å². The van der Waals surface area contributed by atoms with Crippen molar-refractivity contribution in [3.63, 3.8) is 0 Å². The maximum Gasteiger partial charge on any atom is 0.225 e. The van der Waals surface area contributed by atoms with Gasteiger partial charge in [0, 0.05) is 30.3 Å². The average Bonchev–Trinajstić information content (AvgIpc) is 2.96. The highest BCUT2D eigenvalue weighted by Crippen LogP contribution is 2.36. The fourth-order valence-electron chi connectivity index (χ4n) is 1.65. The van der Waals surface area contributed by atoms with Crippen molar-refractivity contribution in [1.82, 2.24) is 19.8 Å². The Labute approximate surface area is 132 Å². The van der Waals surface area contributed by atoms with Crippen molar-refractivity contribution < 1.29 is 4.79 Å². The normalized spacial score (nSPS) is 14.5. The van der Waals surface area contributed by atoms with E-state index in [4.69, 9.17) is 11.6 Å². The van der Waals surface area contributed by atoms with Crippen molar-refractivity contribution in [3.05, 3.63) is 10.0 Å². The fraction of sp³-hybridized carbons (Fsp3) is 0.500. The molecule has 0 aromatic carbocycles. The largest absolute Gasteiger partial charge is 0.284 e. The number of thioether (sulfide) groups is 1. The lowest BCUT2D eigenvalue weighted by molar-refractivity contribution is -0.116. The molecule has 0 saturated heterocycles. The number of carbonyl (C=O) groups is 1.